The minimum absolute atomic E-state index is 0. The lowest BCUT2D eigenvalue weighted by Gasteiger charge is -2.23. The normalized spacial score (nSPS) is 17.0. The fraction of sp³-hybridized carbons (Fsp3) is 0.500. The summed E-state index contributed by atoms with van der Waals surface area (Å²) in [7, 11) is 1.80. The molecule has 22 heavy (non-hydrogen) atoms. The molecular formula is C16H25IN4O. The largest absolute Gasteiger partial charge is 0.366 e. The number of hydrogen-bond donors (Lipinski definition) is 2. The quantitative estimate of drug-likeness (QED) is 0.451. The van der Waals surface area contributed by atoms with Crippen LogP contribution in [0.1, 0.15) is 36.2 Å². The number of benzene rings is 1. The molecule has 122 valence electrons. The van der Waals surface area contributed by atoms with Crippen LogP contribution in [-0.2, 0) is 6.54 Å². The Hall–Kier alpha value is -1.31. The zero-order valence-electron chi connectivity index (χ0n) is 13.4. The molecule has 1 aromatic rings. The molecule has 0 unspecified atom stereocenters. The van der Waals surface area contributed by atoms with Crippen LogP contribution in [0.5, 0.6) is 0 Å². The summed E-state index contributed by atoms with van der Waals surface area (Å²) in [5, 5.41) is 3.36. The zero-order chi connectivity index (χ0) is 15.5. The lowest BCUT2D eigenvalue weighted by molar-refractivity contribution is 0.1000. The second kappa shape index (κ2) is 7.80. The summed E-state index contributed by atoms with van der Waals surface area (Å²) in [6.45, 7) is 7.21. The SMILES string of the molecule is CN=C(NCc1cccc(C(N)=O)c1)N1CCC(C)(C)C1.I. The zero-order valence-corrected chi connectivity index (χ0v) is 15.8. The number of nitrogens with one attached hydrogen (secondary N) is 1. The number of halogens is 1. The summed E-state index contributed by atoms with van der Waals surface area (Å²) < 4.78 is 0. The second-order valence-electron chi connectivity index (χ2n) is 6.30. The maximum absolute atomic E-state index is 11.2. The van der Waals surface area contributed by atoms with Crippen LogP contribution in [0.4, 0.5) is 0 Å². The van der Waals surface area contributed by atoms with Crippen LogP contribution in [-0.4, -0.2) is 36.9 Å². The highest BCUT2D eigenvalue weighted by atomic mass is 127. The van der Waals surface area contributed by atoms with Gasteiger partial charge in [0.15, 0.2) is 5.96 Å². The van der Waals surface area contributed by atoms with Gasteiger partial charge in [0.1, 0.15) is 0 Å². The Morgan fingerprint density at radius 1 is 1.45 bits per heavy atom. The Balaban J connectivity index is 0.00000242. The van der Waals surface area contributed by atoms with Crippen LogP contribution in [0.25, 0.3) is 0 Å². The molecule has 0 atom stereocenters. The van der Waals surface area contributed by atoms with Gasteiger partial charge < -0.3 is 16.0 Å². The summed E-state index contributed by atoms with van der Waals surface area (Å²) in [6, 6.07) is 7.36. The van der Waals surface area contributed by atoms with E-state index < -0.39 is 5.91 Å². The van der Waals surface area contributed by atoms with Crippen LogP contribution in [0.3, 0.4) is 0 Å². The lowest BCUT2D eigenvalue weighted by Crippen LogP contribution is -2.40. The highest BCUT2D eigenvalue weighted by molar-refractivity contribution is 14.0. The fourth-order valence-corrected chi connectivity index (χ4v) is 2.64. The Bertz CT molecular complexity index is 557. The van der Waals surface area contributed by atoms with E-state index in [4.69, 9.17) is 5.73 Å². The smallest absolute Gasteiger partial charge is 0.248 e. The molecule has 0 aromatic heterocycles. The van der Waals surface area contributed by atoms with E-state index in [-0.39, 0.29) is 24.0 Å². The Kier molecular flexibility index (Phi) is 6.65. The number of primary amides is 1. The van der Waals surface area contributed by atoms with Gasteiger partial charge in [-0.05, 0) is 29.5 Å². The van der Waals surface area contributed by atoms with Gasteiger partial charge >= 0.3 is 0 Å². The molecule has 1 heterocycles. The number of likely N-dealkylation sites (tertiary alicyclic amines) is 1. The molecule has 0 spiro atoms. The van der Waals surface area contributed by atoms with E-state index in [1.54, 1.807) is 13.1 Å². The minimum Gasteiger partial charge on any atom is -0.366 e. The number of guanidine groups is 1. The number of amides is 1. The maximum Gasteiger partial charge on any atom is 0.248 e. The minimum atomic E-state index is -0.400. The van der Waals surface area contributed by atoms with E-state index >= 15 is 0 Å². The van der Waals surface area contributed by atoms with Crippen LogP contribution < -0.4 is 11.1 Å². The van der Waals surface area contributed by atoms with Gasteiger partial charge in [-0.2, -0.15) is 0 Å². The summed E-state index contributed by atoms with van der Waals surface area (Å²) in [5.74, 6) is 0.507. The maximum atomic E-state index is 11.2. The van der Waals surface area contributed by atoms with Gasteiger partial charge in [0.25, 0.3) is 0 Å². The van der Waals surface area contributed by atoms with E-state index in [9.17, 15) is 4.79 Å². The number of carbonyl (C=O) groups is 1. The molecule has 1 aromatic carbocycles. The third kappa shape index (κ3) is 4.86. The standard InChI is InChI=1S/C16H24N4O.HI/c1-16(2)7-8-20(11-16)15(18-3)19-10-12-5-4-6-13(9-12)14(17)21;/h4-6,9H,7-8,10-11H2,1-3H3,(H2,17,21)(H,18,19);1H. The van der Waals surface area contributed by atoms with E-state index in [1.165, 1.54) is 6.42 Å². The number of rotatable bonds is 3. The van der Waals surface area contributed by atoms with E-state index in [0.717, 1.165) is 24.6 Å². The number of carbonyl (C=O) groups excluding carboxylic acids is 1. The van der Waals surface area contributed by atoms with Gasteiger partial charge in [0, 0.05) is 32.2 Å². The molecule has 3 N–H and O–H groups in total. The van der Waals surface area contributed by atoms with Crippen LogP contribution in [0, 0.1) is 5.41 Å². The van der Waals surface area contributed by atoms with Gasteiger partial charge in [-0.1, -0.05) is 26.0 Å². The first-order valence-corrected chi connectivity index (χ1v) is 7.26. The van der Waals surface area contributed by atoms with Crippen molar-refractivity contribution in [3.05, 3.63) is 35.4 Å². The van der Waals surface area contributed by atoms with E-state index in [1.807, 2.05) is 18.2 Å². The predicted octanol–water partition coefficient (Wildman–Crippen LogP) is 2.21. The highest BCUT2D eigenvalue weighted by Gasteiger charge is 2.30. The van der Waals surface area contributed by atoms with Crippen molar-refractivity contribution in [3.8, 4) is 0 Å². The van der Waals surface area contributed by atoms with Crippen molar-refractivity contribution in [2.24, 2.45) is 16.1 Å². The third-order valence-corrected chi connectivity index (χ3v) is 3.85. The molecule has 0 radical (unpaired) electrons. The Labute approximate surface area is 149 Å². The Morgan fingerprint density at radius 2 is 2.18 bits per heavy atom. The summed E-state index contributed by atoms with van der Waals surface area (Å²) in [6.07, 6.45) is 1.17. The first-order valence-electron chi connectivity index (χ1n) is 7.26. The van der Waals surface area contributed by atoms with Crippen LogP contribution in [0.2, 0.25) is 0 Å². The summed E-state index contributed by atoms with van der Waals surface area (Å²) in [4.78, 5) is 17.8. The van der Waals surface area contributed by atoms with Crippen molar-refractivity contribution in [2.45, 2.75) is 26.8 Å². The average Bonchev–Trinajstić information content (AvgIpc) is 2.80. The Morgan fingerprint density at radius 3 is 2.73 bits per heavy atom. The van der Waals surface area contributed by atoms with Gasteiger partial charge in [-0.15, -0.1) is 24.0 Å². The van der Waals surface area contributed by atoms with Crippen LogP contribution in [0.15, 0.2) is 29.3 Å². The van der Waals surface area contributed by atoms with Gasteiger partial charge in [-0.3, -0.25) is 9.79 Å². The first-order chi connectivity index (χ1) is 9.91. The summed E-state index contributed by atoms with van der Waals surface area (Å²) >= 11 is 0. The van der Waals surface area contributed by atoms with E-state index in [2.05, 4.69) is 29.1 Å². The molecule has 2 rings (SSSR count). The fourth-order valence-electron chi connectivity index (χ4n) is 2.64. The molecule has 0 bridgehead atoms. The molecule has 1 aliphatic heterocycles. The molecule has 1 amide bonds. The lowest BCUT2D eigenvalue weighted by atomic mass is 9.93. The molecule has 0 saturated carbocycles. The first kappa shape index (κ1) is 18.7. The van der Waals surface area contributed by atoms with Crippen LogP contribution >= 0.6 is 24.0 Å². The third-order valence-electron chi connectivity index (χ3n) is 3.85. The van der Waals surface area contributed by atoms with Crippen molar-refractivity contribution in [1.29, 1.82) is 0 Å². The molecule has 1 fully saturated rings. The van der Waals surface area contributed by atoms with Gasteiger partial charge in [0.05, 0.1) is 0 Å². The van der Waals surface area contributed by atoms with E-state index in [0.29, 0.717) is 17.5 Å². The predicted molar refractivity (Wildman–Crippen MR) is 101 cm³/mol. The molecule has 0 aliphatic carbocycles. The number of hydrogen-bond acceptors (Lipinski definition) is 2. The number of aliphatic imine (C=N–C) groups is 1. The topological polar surface area (TPSA) is 70.7 Å². The molecule has 5 nitrogen and oxygen atoms in total. The second-order valence-corrected chi connectivity index (χ2v) is 6.30. The number of nitrogens with zero attached hydrogens (tertiary/aromatic N) is 2. The monoisotopic (exact) mass is 416 g/mol. The molecular weight excluding hydrogens is 391 g/mol. The highest BCUT2D eigenvalue weighted by Crippen LogP contribution is 2.28. The molecule has 1 aliphatic rings. The molecule has 1 saturated heterocycles. The van der Waals surface area contributed by atoms with Crippen molar-refractivity contribution in [1.82, 2.24) is 10.2 Å². The summed E-state index contributed by atoms with van der Waals surface area (Å²) in [5.41, 5.74) is 7.19. The van der Waals surface area contributed by atoms with Gasteiger partial charge in [0.2, 0.25) is 5.91 Å². The number of nitrogens with two attached hydrogens (primary N) is 1. The molecule has 6 heteroatoms. The van der Waals surface area contributed by atoms with Gasteiger partial charge in [-0.25, -0.2) is 0 Å². The van der Waals surface area contributed by atoms with Crippen molar-refractivity contribution < 1.29 is 4.79 Å². The average molecular weight is 416 g/mol. The van der Waals surface area contributed by atoms with Crippen molar-refractivity contribution in [2.75, 3.05) is 20.1 Å². The van der Waals surface area contributed by atoms with Crippen molar-refractivity contribution in [3.63, 3.8) is 0 Å². The van der Waals surface area contributed by atoms with Crippen molar-refractivity contribution >= 4 is 35.8 Å².